The fourth-order valence-electron chi connectivity index (χ4n) is 0.955. The first kappa shape index (κ1) is 10.5. The molecule has 1 rings (SSSR count). The molecule has 0 bridgehead atoms. The van der Waals surface area contributed by atoms with Crippen LogP contribution in [0.2, 0.25) is 0 Å². The van der Waals surface area contributed by atoms with Crippen molar-refractivity contribution in [3.63, 3.8) is 0 Å². The van der Waals surface area contributed by atoms with Crippen molar-refractivity contribution in [2.24, 2.45) is 5.73 Å². The lowest BCUT2D eigenvalue weighted by Crippen LogP contribution is -2.13. The van der Waals surface area contributed by atoms with Gasteiger partial charge in [0.15, 0.2) is 5.69 Å². The van der Waals surface area contributed by atoms with Gasteiger partial charge in [-0.2, -0.15) is 13.2 Å². The predicted molar refractivity (Wildman–Crippen MR) is 44.5 cm³/mol. The molecule has 0 radical (unpaired) electrons. The van der Waals surface area contributed by atoms with Crippen LogP contribution in [0.1, 0.15) is 28.5 Å². The molecule has 0 fully saturated rings. The first-order valence-electron chi connectivity index (χ1n) is 3.62. The van der Waals surface area contributed by atoms with Gasteiger partial charge in [0.1, 0.15) is 0 Å². The van der Waals surface area contributed by atoms with Crippen LogP contribution in [-0.4, -0.2) is 4.98 Å². The van der Waals surface area contributed by atoms with Crippen LogP contribution in [0.15, 0.2) is 0 Å². The molecule has 0 saturated carbocycles. The number of nitrogens with zero attached hydrogens (tertiary/aromatic N) is 1. The maximum atomic E-state index is 12.3. The Morgan fingerprint density at radius 2 is 2.00 bits per heavy atom. The van der Waals surface area contributed by atoms with Crippen LogP contribution in [-0.2, 0) is 6.18 Å². The van der Waals surface area contributed by atoms with Gasteiger partial charge in [-0.15, -0.1) is 11.3 Å². The van der Waals surface area contributed by atoms with E-state index in [0.29, 0.717) is 5.01 Å². The van der Waals surface area contributed by atoms with Gasteiger partial charge in [0.2, 0.25) is 0 Å². The molecule has 6 heteroatoms. The van der Waals surface area contributed by atoms with E-state index in [1.165, 1.54) is 13.8 Å². The lowest BCUT2D eigenvalue weighted by atomic mass is 10.2. The van der Waals surface area contributed by atoms with Crippen LogP contribution in [0, 0.1) is 6.92 Å². The molecule has 1 heterocycles. The monoisotopic (exact) mass is 210 g/mol. The highest BCUT2D eigenvalue weighted by Gasteiger charge is 2.37. The largest absolute Gasteiger partial charge is 0.434 e. The quantitative estimate of drug-likeness (QED) is 0.773. The van der Waals surface area contributed by atoms with E-state index < -0.39 is 17.9 Å². The Balaban J connectivity index is 3.20. The van der Waals surface area contributed by atoms with Gasteiger partial charge in [-0.25, -0.2) is 4.98 Å². The zero-order valence-electron chi connectivity index (χ0n) is 7.14. The van der Waals surface area contributed by atoms with Crippen molar-refractivity contribution in [3.8, 4) is 0 Å². The Kier molecular flexibility index (Phi) is 2.63. The van der Waals surface area contributed by atoms with Crippen molar-refractivity contribution >= 4 is 11.3 Å². The molecule has 74 valence electrons. The van der Waals surface area contributed by atoms with E-state index in [1.807, 2.05) is 0 Å². The Bertz CT molecular complexity index is 303. The Labute approximate surface area is 77.6 Å². The summed E-state index contributed by atoms with van der Waals surface area (Å²) in [4.78, 5) is 3.52. The second-order valence-corrected chi connectivity index (χ2v) is 3.97. The van der Waals surface area contributed by atoms with Crippen molar-refractivity contribution in [1.29, 1.82) is 0 Å². The van der Waals surface area contributed by atoms with Gasteiger partial charge in [-0.3, -0.25) is 0 Å². The second kappa shape index (κ2) is 3.26. The third kappa shape index (κ3) is 2.19. The van der Waals surface area contributed by atoms with Gasteiger partial charge in [-0.1, -0.05) is 0 Å². The van der Waals surface area contributed by atoms with Crippen LogP contribution < -0.4 is 5.73 Å². The minimum atomic E-state index is -4.40. The van der Waals surface area contributed by atoms with E-state index in [-0.39, 0.29) is 4.88 Å². The molecule has 0 aliphatic carbocycles. The van der Waals surface area contributed by atoms with E-state index >= 15 is 0 Å². The standard InChI is InChI=1S/C7H9F3N2S/c1-3(11)5-6(7(8,9)10)12-4(2)13-5/h3H,11H2,1-2H3. The highest BCUT2D eigenvalue weighted by atomic mass is 32.1. The third-order valence-corrected chi connectivity index (χ3v) is 2.61. The number of hydrogen-bond donors (Lipinski definition) is 1. The van der Waals surface area contributed by atoms with E-state index in [2.05, 4.69) is 4.98 Å². The van der Waals surface area contributed by atoms with Gasteiger partial charge in [0, 0.05) is 6.04 Å². The molecule has 0 aliphatic rings. The average molecular weight is 210 g/mol. The summed E-state index contributed by atoms with van der Waals surface area (Å²) in [7, 11) is 0. The average Bonchev–Trinajstić information content (AvgIpc) is 2.29. The molecule has 1 aromatic rings. The fourth-order valence-corrected chi connectivity index (χ4v) is 1.85. The van der Waals surface area contributed by atoms with Gasteiger partial charge < -0.3 is 5.73 Å². The maximum absolute atomic E-state index is 12.3. The van der Waals surface area contributed by atoms with Crippen molar-refractivity contribution in [2.75, 3.05) is 0 Å². The zero-order valence-corrected chi connectivity index (χ0v) is 7.96. The molecule has 0 saturated heterocycles. The van der Waals surface area contributed by atoms with Crippen molar-refractivity contribution in [1.82, 2.24) is 4.98 Å². The van der Waals surface area contributed by atoms with Gasteiger partial charge >= 0.3 is 6.18 Å². The summed E-state index contributed by atoms with van der Waals surface area (Å²) >= 11 is 0.993. The first-order chi connectivity index (χ1) is 5.82. The Morgan fingerprint density at radius 1 is 1.46 bits per heavy atom. The minimum Gasteiger partial charge on any atom is -0.323 e. The number of thiazole rings is 1. The topological polar surface area (TPSA) is 38.9 Å². The first-order valence-corrected chi connectivity index (χ1v) is 4.44. The Hall–Kier alpha value is -0.620. The van der Waals surface area contributed by atoms with Crippen LogP contribution in [0.5, 0.6) is 0 Å². The number of halogens is 3. The molecule has 2 N–H and O–H groups in total. The highest BCUT2D eigenvalue weighted by Crippen LogP contribution is 2.36. The van der Waals surface area contributed by atoms with E-state index in [0.717, 1.165) is 11.3 Å². The summed E-state index contributed by atoms with van der Waals surface area (Å²) in [5, 5.41) is 0.389. The summed E-state index contributed by atoms with van der Waals surface area (Å²) in [6.45, 7) is 3.05. The summed E-state index contributed by atoms with van der Waals surface area (Å²) in [6.07, 6.45) is -4.40. The summed E-state index contributed by atoms with van der Waals surface area (Å²) in [6, 6.07) is -0.622. The summed E-state index contributed by atoms with van der Waals surface area (Å²) < 4.78 is 36.9. The predicted octanol–water partition coefficient (Wildman–Crippen LogP) is 2.49. The van der Waals surface area contributed by atoms with Crippen LogP contribution in [0.25, 0.3) is 0 Å². The SMILES string of the molecule is Cc1nc(C(F)(F)F)c(C(C)N)s1. The van der Waals surface area contributed by atoms with Crippen LogP contribution >= 0.6 is 11.3 Å². The lowest BCUT2D eigenvalue weighted by Gasteiger charge is -2.07. The molecule has 0 amide bonds. The molecule has 2 nitrogen and oxygen atoms in total. The van der Waals surface area contributed by atoms with Crippen molar-refractivity contribution in [3.05, 3.63) is 15.6 Å². The number of nitrogens with two attached hydrogens (primary N) is 1. The summed E-state index contributed by atoms with van der Waals surface area (Å²) in [5.74, 6) is 0. The third-order valence-electron chi connectivity index (χ3n) is 1.44. The molecule has 1 unspecified atom stereocenters. The molecule has 13 heavy (non-hydrogen) atoms. The molecule has 1 atom stereocenters. The van der Waals surface area contributed by atoms with Crippen LogP contribution in [0.3, 0.4) is 0 Å². The fraction of sp³-hybridized carbons (Fsp3) is 0.571. The van der Waals surface area contributed by atoms with Crippen LogP contribution in [0.4, 0.5) is 13.2 Å². The lowest BCUT2D eigenvalue weighted by molar-refractivity contribution is -0.141. The molecular formula is C7H9F3N2S. The van der Waals surface area contributed by atoms with E-state index in [1.54, 1.807) is 0 Å². The molecule has 0 spiro atoms. The second-order valence-electron chi connectivity index (χ2n) is 2.73. The smallest absolute Gasteiger partial charge is 0.323 e. The number of alkyl halides is 3. The zero-order chi connectivity index (χ0) is 10.2. The summed E-state index contributed by atoms with van der Waals surface area (Å²) in [5.41, 5.74) is 4.55. The van der Waals surface area contributed by atoms with E-state index in [9.17, 15) is 13.2 Å². The number of aryl methyl sites for hydroxylation is 1. The van der Waals surface area contributed by atoms with Gasteiger partial charge in [0.25, 0.3) is 0 Å². The van der Waals surface area contributed by atoms with Crippen molar-refractivity contribution < 1.29 is 13.2 Å². The molecule has 1 aromatic heterocycles. The number of hydrogen-bond acceptors (Lipinski definition) is 3. The number of aromatic nitrogens is 1. The highest BCUT2D eigenvalue weighted by molar-refractivity contribution is 7.11. The molecular weight excluding hydrogens is 201 g/mol. The molecule has 0 aromatic carbocycles. The normalized spacial score (nSPS) is 14.6. The van der Waals surface area contributed by atoms with Gasteiger partial charge in [0.05, 0.1) is 9.88 Å². The van der Waals surface area contributed by atoms with Crippen molar-refractivity contribution in [2.45, 2.75) is 26.1 Å². The minimum absolute atomic E-state index is 0.102. The Morgan fingerprint density at radius 3 is 2.31 bits per heavy atom. The molecule has 0 aliphatic heterocycles. The van der Waals surface area contributed by atoms with E-state index in [4.69, 9.17) is 5.73 Å². The maximum Gasteiger partial charge on any atom is 0.434 e. The van der Waals surface area contributed by atoms with Gasteiger partial charge in [-0.05, 0) is 13.8 Å². The number of rotatable bonds is 1.